The molecule has 0 fully saturated rings. The summed E-state index contributed by atoms with van der Waals surface area (Å²) >= 11 is 0. The van der Waals surface area contributed by atoms with Crippen molar-refractivity contribution in [2.45, 2.75) is 45.2 Å². The lowest BCUT2D eigenvalue weighted by Gasteiger charge is -2.39. The highest BCUT2D eigenvalue weighted by Crippen LogP contribution is 2.20. The van der Waals surface area contributed by atoms with Gasteiger partial charge < -0.3 is 10.2 Å². The second-order valence-electron chi connectivity index (χ2n) is 5.68. The van der Waals surface area contributed by atoms with Gasteiger partial charge in [-0.1, -0.05) is 30.3 Å². The first-order valence-electron chi connectivity index (χ1n) is 6.53. The fraction of sp³-hybridized carbons (Fsp3) is 0.533. The second-order valence-corrected chi connectivity index (χ2v) is 5.68. The highest BCUT2D eigenvalue weighted by molar-refractivity contribution is 5.66. The van der Waals surface area contributed by atoms with Crippen LogP contribution < -0.4 is 0 Å². The lowest BCUT2D eigenvalue weighted by Crippen LogP contribution is -2.52. The van der Waals surface area contributed by atoms with Crippen LogP contribution in [0.4, 0.5) is 4.79 Å². The van der Waals surface area contributed by atoms with Crippen LogP contribution in [0.3, 0.4) is 0 Å². The molecule has 0 saturated carbocycles. The lowest BCUT2D eigenvalue weighted by atomic mass is 9.99. The molecule has 0 aliphatic rings. The SMILES string of the molecule is CC(C)(C)N(C(=O)O)[C@H](CO)CCc1ccccc1. The Morgan fingerprint density at radius 1 is 1.26 bits per heavy atom. The van der Waals surface area contributed by atoms with E-state index in [-0.39, 0.29) is 12.6 Å². The van der Waals surface area contributed by atoms with Crippen molar-refractivity contribution in [2.75, 3.05) is 6.61 Å². The molecule has 1 atom stereocenters. The van der Waals surface area contributed by atoms with Gasteiger partial charge in [0.15, 0.2) is 0 Å². The summed E-state index contributed by atoms with van der Waals surface area (Å²) in [6.07, 6.45) is 0.385. The molecule has 0 unspecified atom stereocenters. The Balaban J connectivity index is 2.73. The topological polar surface area (TPSA) is 60.8 Å². The molecule has 4 heteroatoms. The molecular formula is C15H23NO3. The lowest BCUT2D eigenvalue weighted by molar-refractivity contribution is 0.0432. The van der Waals surface area contributed by atoms with Gasteiger partial charge in [0.05, 0.1) is 12.6 Å². The number of nitrogens with zero attached hydrogens (tertiary/aromatic N) is 1. The molecule has 1 aromatic carbocycles. The first-order valence-corrected chi connectivity index (χ1v) is 6.53. The highest BCUT2D eigenvalue weighted by atomic mass is 16.4. The van der Waals surface area contributed by atoms with Gasteiger partial charge in [-0.15, -0.1) is 0 Å². The smallest absolute Gasteiger partial charge is 0.408 e. The van der Waals surface area contributed by atoms with Gasteiger partial charge in [0.25, 0.3) is 0 Å². The Kier molecular flexibility index (Phi) is 5.36. The van der Waals surface area contributed by atoms with Crippen molar-refractivity contribution < 1.29 is 15.0 Å². The molecule has 0 spiro atoms. The molecule has 0 heterocycles. The summed E-state index contributed by atoms with van der Waals surface area (Å²) < 4.78 is 0. The molecule has 0 radical (unpaired) electrons. The minimum absolute atomic E-state index is 0.156. The molecule has 0 aromatic heterocycles. The van der Waals surface area contributed by atoms with Crippen molar-refractivity contribution in [2.24, 2.45) is 0 Å². The van der Waals surface area contributed by atoms with Crippen molar-refractivity contribution in [1.82, 2.24) is 4.90 Å². The first-order chi connectivity index (χ1) is 8.86. The Hall–Kier alpha value is -1.55. The van der Waals surface area contributed by atoms with E-state index in [9.17, 15) is 15.0 Å². The van der Waals surface area contributed by atoms with Crippen molar-refractivity contribution in [3.05, 3.63) is 35.9 Å². The molecule has 1 rings (SSSR count). The fourth-order valence-electron chi connectivity index (χ4n) is 2.27. The zero-order chi connectivity index (χ0) is 14.5. The van der Waals surface area contributed by atoms with Crippen molar-refractivity contribution >= 4 is 6.09 Å². The van der Waals surface area contributed by atoms with Crippen molar-refractivity contribution in [3.63, 3.8) is 0 Å². The molecule has 0 aliphatic heterocycles. The van der Waals surface area contributed by atoms with Gasteiger partial charge in [-0.2, -0.15) is 0 Å². The van der Waals surface area contributed by atoms with E-state index in [4.69, 9.17) is 0 Å². The van der Waals surface area contributed by atoms with Gasteiger partial charge in [0.2, 0.25) is 0 Å². The molecule has 0 aliphatic carbocycles. The summed E-state index contributed by atoms with van der Waals surface area (Å²) in [7, 11) is 0. The largest absolute Gasteiger partial charge is 0.465 e. The van der Waals surface area contributed by atoms with Crippen LogP contribution in [0.1, 0.15) is 32.8 Å². The van der Waals surface area contributed by atoms with Gasteiger partial charge >= 0.3 is 6.09 Å². The van der Waals surface area contributed by atoms with E-state index >= 15 is 0 Å². The predicted octanol–water partition coefficient (Wildman–Crippen LogP) is 2.76. The summed E-state index contributed by atoms with van der Waals surface area (Å²) in [4.78, 5) is 12.7. The van der Waals surface area contributed by atoms with Crippen molar-refractivity contribution in [1.29, 1.82) is 0 Å². The fourth-order valence-corrected chi connectivity index (χ4v) is 2.27. The van der Waals surface area contributed by atoms with E-state index in [2.05, 4.69) is 0 Å². The van der Waals surface area contributed by atoms with E-state index in [1.807, 2.05) is 51.1 Å². The van der Waals surface area contributed by atoms with Crippen LogP contribution in [0.25, 0.3) is 0 Å². The minimum atomic E-state index is -0.986. The van der Waals surface area contributed by atoms with Crippen LogP contribution in [0, 0.1) is 0 Å². The van der Waals surface area contributed by atoms with Crippen LogP contribution in [-0.2, 0) is 6.42 Å². The highest BCUT2D eigenvalue weighted by Gasteiger charge is 2.32. The monoisotopic (exact) mass is 265 g/mol. The Morgan fingerprint density at radius 2 is 1.84 bits per heavy atom. The van der Waals surface area contributed by atoms with Gasteiger partial charge in [0, 0.05) is 5.54 Å². The van der Waals surface area contributed by atoms with Crippen molar-refractivity contribution in [3.8, 4) is 0 Å². The molecule has 0 bridgehead atoms. The van der Waals surface area contributed by atoms with Crippen LogP contribution in [-0.4, -0.2) is 39.4 Å². The summed E-state index contributed by atoms with van der Waals surface area (Å²) in [5.41, 5.74) is 0.635. The summed E-state index contributed by atoms with van der Waals surface area (Å²) in [6, 6.07) is 9.51. The van der Waals surface area contributed by atoms with E-state index < -0.39 is 11.6 Å². The molecule has 1 aromatic rings. The Morgan fingerprint density at radius 3 is 2.26 bits per heavy atom. The third-order valence-electron chi connectivity index (χ3n) is 3.11. The molecule has 0 saturated heterocycles. The summed E-state index contributed by atoms with van der Waals surface area (Å²) in [6.45, 7) is 5.36. The third-order valence-corrected chi connectivity index (χ3v) is 3.11. The number of rotatable bonds is 5. The zero-order valence-electron chi connectivity index (χ0n) is 11.8. The number of carbonyl (C=O) groups is 1. The molecule has 2 N–H and O–H groups in total. The van der Waals surface area contributed by atoms with E-state index in [1.54, 1.807) is 0 Å². The summed E-state index contributed by atoms with van der Waals surface area (Å²) in [5, 5.41) is 18.8. The maximum atomic E-state index is 11.4. The first kappa shape index (κ1) is 15.5. The molecule has 106 valence electrons. The predicted molar refractivity (Wildman–Crippen MR) is 75.3 cm³/mol. The Labute approximate surface area is 114 Å². The normalized spacial score (nSPS) is 13.1. The number of carboxylic acid groups (broad SMARTS) is 1. The number of aliphatic hydroxyl groups is 1. The molecule has 4 nitrogen and oxygen atoms in total. The van der Waals surface area contributed by atoms with Crippen LogP contribution in [0.15, 0.2) is 30.3 Å². The van der Waals surface area contributed by atoms with Crippen LogP contribution in [0.5, 0.6) is 0 Å². The molecular weight excluding hydrogens is 242 g/mol. The minimum Gasteiger partial charge on any atom is -0.465 e. The average molecular weight is 265 g/mol. The number of aryl methyl sites for hydroxylation is 1. The number of amides is 1. The van der Waals surface area contributed by atoms with E-state index in [0.29, 0.717) is 6.42 Å². The maximum Gasteiger partial charge on any atom is 0.408 e. The standard InChI is InChI=1S/C15H23NO3/c1-15(2,3)16(14(18)19)13(11-17)10-9-12-7-5-4-6-8-12/h4-8,13,17H,9-11H2,1-3H3,(H,18,19)/t13-/m0/s1. The van der Waals surface area contributed by atoms with Gasteiger partial charge in [0.1, 0.15) is 0 Å². The van der Waals surface area contributed by atoms with E-state index in [0.717, 1.165) is 12.0 Å². The van der Waals surface area contributed by atoms with E-state index in [1.165, 1.54) is 4.90 Å². The quantitative estimate of drug-likeness (QED) is 0.860. The third kappa shape index (κ3) is 4.56. The maximum absolute atomic E-state index is 11.4. The number of hydrogen-bond acceptors (Lipinski definition) is 2. The second kappa shape index (κ2) is 6.57. The number of hydrogen-bond donors (Lipinski definition) is 2. The Bertz CT molecular complexity index is 398. The van der Waals surface area contributed by atoms with Crippen LogP contribution >= 0.6 is 0 Å². The molecule has 1 amide bonds. The average Bonchev–Trinajstić information content (AvgIpc) is 2.33. The zero-order valence-corrected chi connectivity index (χ0v) is 11.8. The number of aliphatic hydroxyl groups excluding tert-OH is 1. The number of benzene rings is 1. The van der Waals surface area contributed by atoms with Crippen LogP contribution in [0.2, 0.25) is 0 Å². The molecule has 19 heavy (non-hydrogen) atoms. The summed E-state index contributed by atoms with van der Waals surface area (Å²) in [5.74, 6) is 0. The van der Waals surface area contributed by atoms with Gasteiger partial charge in [-0.3, -0.25) is 4.90 Å². The van der Waals surface area contributed by atoms with Gasteiger partial charge in [-0.25, -0.2) is 4.79 Å². The van der Waals surface area contributed by atoms with Gasteiger partial charge in [-0.05, 0) is 39.2 Å².